The predicted molar refractivity (Wildman–Crippen MR) is 134 cm³/mol. The minimum Gasteiger partial charge on any atom is -0.497 e. The monoisotopic (exact) mass is 449 g/mol. The van der Waals surface area contributed by atoms with Crippen molar-refractivity contribution in [1.29, 1.82) is 0 Å². The second-order valence-electron chi connectivity index (χ2n) is 8.48. The molecule has 34 heavy (non-hydrogen) atoms. The average molecular weight is 450 g/mol. The number of hydrogen-bond donors (Lipinski definition) is 1. The number of carbonyl (C=O) groups is 1. The highest BCUT2D eigenvalue weighted by atomic mass is 16.5. The molecule has 0 heterocycles. The lowest BCUT2D eigenvalue weighted by atomic mass is 9.79. The van der Waals surface area contributed by atoms with Gasteiger partial charge in [-0.2, -0.15) is 0 Å². The average Bonchev–Trinajstić information content (AvgIpc) is 3.19. The molecule has 5 rings (SSSR count). The Balaban J connectivity index is 1.66. The van der Waals surface area contributed by atoms with Gasteiger partial charge in [0.25, 0.3) is 0 Å². The highest BCUT2D eigenvalue weighted by molar-refractivity contribution is 5.84. The van der Waals surface area contributed by atoms with E-state index in [4.69, 9.17) is 9.47 Å². The molecule has 1 aliphatic carbocycles. The fraction of sp³-hybridized carbons (Fsp3) is 0.167. The summed E-state index contributed by atoms with van der Waals surface area (Å²) in [5.41, 5.74) is 6.00. The predicted octanol–water partition coefficient (Wildman–Crippen LogP) is 5.34. The Morgan fingerprint density at radius 1 is 0.765 bits per heavy atom. The molecule has 0 saturated carbocycles. The van der Waals surface area contributed by atoms with Crippen molar-refractivity contribution in [3.63, 3.8) is 0 Å². The highest BCUT2D eigenvalue weighted by Gasteiger charge is 2.46. The van der Waals surface area contributed by atoms with E-state index in [1.807, 2.05) is 42.5 Å². The van der Waals surface area contributed by atoms with E-state index in [0.717, 1.165) is 28.0 Å². The van der Waals surface area contributed by atoms with Crippen LogP contribution in [-0.2, 0) is 21.5 Å². The summed E-state index contributed by atoms with van der Waals surface area (Å²) >= 11 is 0. The lowest BCUT2D eigenvalue weighted by molar-refractivity contribution is -0.143. The number of fused-ring (bicyclic) bond motifs is 3. The van der Waals surface area contributed by atoms with Gasteiger partial charge in [-0.3, -0.25) is 10.1 Å². The van der Waals surface area contributed by atoms with Crippen molar-refractivity contribution < 1.29 is 14.3 Å². The smallest absolute Gasteiger partial charge is 0.323 e. The number of hydrogen-bond acceptors (Lipinski definition) is 4. The zero-order valence-electron chi connectivity index (χ0n) is 19.3. The van der Waals surface area contributed by atoms with Gasteiger partial charge in [0.2, 0.25) is 0 Å². The second kappa shape index (κ2) is 9.16. The van der Waals surface area contributed by atoms with Crippen molar-refractivity contribution >= 4 is 5.97 Å². The minimum atomic E-state index is -0.695. The second-order valence-corrected chi connectivity index (χ2v) is 8.48. The molecular weight excluding hydrogens is 422 g/mol. The maximum absolute atomic E-state index is 13.1. The number of nitrogens with one attached hydrogen (secondary N) is 1. The molecule has 1 aliphatic rings. The first kappa shape index (κ1) is 21.9. The van der Waals surface area contributed by atoms with Gasteiger partial charge < -0.3 is 9.47 Å². The van der Waals surface area contributed by atoms with Crippen LogP contribution < -0.4 is 10.1 Å². The van der Waals surface area contributed by atoms with E-state index in [1.54, 1.807) is 7.11 Å². The maximum Gasteiger partial charge on any atom is 0.323 e. The molecule has 0 fully saturated rings. The Morgan fingerprint density at radius 3 is 1.88 bits per heavy atom. The molecule has 170 valence electrons. The van der Waals surface area contributed by atoms with E-state index < -0.39 is 11.6 Å². The van der Waals surface area contributed by atoms with Gasteiger partial charge in [0, 0.05) is 0 Å². The Bertz CT molecular complexity index is 1250. The van der Waals surface area contributed by atoms with E-state index in [-0.39, 0.29) is 5.97 Å². The Labute approximate surface area is 200 Å². The Morgan fingerprint density at radius 2 is 1.32 bits per heavy atom. The van der Waals surface area contributed by atoms with Gasteiger partial charge in [-0.25, -0.2) is 0 Å². The maximum atomic E-state index is 13.1. The first-order valence-electron chi connectivity index (χ1n) is 11.4. The molecule has 0 aliphatic heterocycles. The summed E-state index contributed by atoms with van der Waals surface area (Å²) in [6, 6.07) is 34.4. The molecule has 4 nitrogen and oxygen atoms in total. The first-order chi connectivity index (χ1) is 16.7. The van der Waals surface area contributed by atoms with Crippen LogP contribution in [0.2, 0.25) is 0 Å². The van der Waals surface area contributed by atoms with Crippen LogP contribution in [0.15, 0.2) is 103 Å². The molecule has 0 saturated heterocycles. The zero-order chi connectivity index (χ0) is 23.5. The number of esters is 1. The van der Waals surface area contributed by atoms with Gasteiger partial charge in [-0.15, -0.1) is 0 Å². The minimum absolute atomic E-state index is 0.298. The van der Waals surface area contributed by atoms with Crippen LogP contribution >= 0.6 is 0 Å². The summed E-state index contributed by atoms with van der Waals surface area (Å²) in [7, 11) is 3.09. The molecule has 4 aromatic carbocycles. The van der Waals surface area contributed by atoms with Gasteiger partial charge in [0.05, 0.1) is 19.8 Å². The first-order valence-corrected chi connectivity index (χ1v) is 11.4. The van der Waals surface area contributed by atoms with Gasteiger partial charge in [-0.05, 0) is 51.9 Å². The van der Waals surface area contributed by atoms with E-state index in [9.17, 15) is 4.79 Å². The molecular formula is C30H27NO3. The summed E-state index contributed by atoms with van der Waals surface area (Å²) in [4.78, 5) is 13.1. The third-order valence-corrected chi connectivity index (χ3v) is 6.63. The molecule has 4 heteroatoms. The summed E-state index contributed by atoms with van der Waals surface area (Å²) < 4.78 is 10.6. The summed E-state index contributed by atoms with van der Waals surface area (Å²) in [5.74, 6) is 0.485. The molecule has 0 bridgehead atoms. The molecule has 0 unspecified atom stereocenters. The third kappa shape index (κ3) is 3.66. The van der Waals surface area contributed by atoms with Crippen molar-refractivity contribution in [3.05, 3.63) is 125 Å². The normalized spacial score (nSPS) is 14.1. The number of rotatable bonds is 7. The lowest BCUT2D eigenvalue weighted by Crippen LogP contribution is -2.52. The Hall–Kier alpha value is -3.89. The fourth-order valence-corrected chi connectivity index (χ4v) is 5.07. The zero-order valence-corrected chi connectivity index (χ0v) is 19.3. The van der Waals surface area contributed by atoms with Crippen LogP contribution in [-0.4, -0.2) is 26.2 Å². The van der Waals surface area contributed by atoms with Gasteiger partial charge in [0.15, 0.2) is 0 Å². The van der Waals surface area contributed by atoms with Gasteiger partial charge >= 0.3 is 5.97 Å². The van der Waals surface area contributed by atoms with Crippen LogP contribution in [0.3, 0.4) is 0 Å². The lowest BCUT2D eigenvalue weighted by Gasteiger charge is -2.37. The van der Waals surface area contributed by atoms with Crippen molar-refractivity contribution in [2.24, 2.45) is 0 Å². The third-order valence-electron chi connectivity index (χ3n) is 6.63. The largest absolute Gasteiger partial charge is 0.497 e. The van der Waals surface area contributed by atoms with Gasteiger partial charge in [-0.1, -0.05) is 91.0 Å². The number of ether oxygens (including phenoxy) is 2. The summed E-state index contributed by atoms with van der Waals surface area (Å²) in [6.45, 7) is 0. The number of carbonyl (C=O) groups excluding carboxylic acids is 1. The molecule has 0 amide bonds. The molecule has 0 radical (unpaired) electrons. The standard InChI is InChI=1S/C30H27NO3/c1-33-23-18-16-21(17-19-23)20-28(29(32)34-2)31-30(22-10-4-3-5-11-22)26-14-8-6-12-24(26)25-13-7-9-15-27(25)30/h3-19,28,31H,20H2,1-2H3/t28-/m1/s1. The van der Waals surface area contributed by atoms with E-state index in [2.05, 4.69) is 66.0 Å². The van der Waals surface area contributed by atoms with Crippen molar-refractivity contribution in [1.82, 2.24) is 5.32 Å². The molecule has 0 aromatic heterocycles. The number of benzene rings is 4. The van der Waals surface area contributed by atoms with Crippen LogP contribution in [0.25, 0.3) is 11.1 Å². The topological polar surface area (TPSA) is 47.6 Å². The quantitative estimate of drug-likeness (QED) is 0.387. The van der Waals surface area contributed by atoms with E-state index in [1.165, 1.54) is 18.2 Å². The number of methoxy groups -OCH3 is 2. The summed E-state index contributed by atoms with van der Waals surface area (Å²) in [5, 5.41) is 3.78. The van der Waals surface area contributed by atoms with Crippen LogP contribution in [0, 0.1) is 0 Å². The van der Waals surface area contributed by atoms with Crippen molar-refractivity contribution in [2.45, 2.75) is 18.0 Å². The van der Waals surface area contributed by atoms with E-state index >= 15 is 0 Å². The van der Waals surface area contributed by atoms with Gasteiger partial charge in [0.1, 0.15) is 11.8 Å². The molecule has 1 atom stereocenters. The Kier molecular flexibility index (Phi) is 5.91. The van der Waals surface area contributed by atoms with Crippen LogP contribution in [0.5, 0.6) is 5.75 Å². The summed E-state index contributed by atoms with van der Waals surface area (Å²) in [6.07, 6.45) is 0.482. The van der Waals surface area contributed by atoms with Crippen LogP contribution in [0.1, 0.15) is 22.3 Å². The van der Waals surface area contributed by atoms with Crippen molar-refractivity contribution in [3.8, 4) is 16.9 Å². The highest BCUT2D eigenvalue weighted by Crippen LogP contribution is 2.51. The molecule has 0 spiro atoms. The van der Waals surface area contributed by atoms with E-state index in [0.29, 0.717) is 6.42 Å². The molecule has 1 N–H and O–H groups in total. The molecule has 4 aromatic rings. The van der Waals surface area contributed by atoms with Crippen molar-refractivity contribution in [2.75, 3.05) is 14.2 Å². The van der Waals surface area contributed by atoms with Crippen LogP contribution in [0.4, 0.5) is 0 Å². The fourth-order valence-electron chi connectivity index (χ4n) is 5.07. The SMILES string of the molecule is COC(=O)[C@@H](Cc1ccc(OC)cc1)NC1(c2ccccc2)c2ccccc2-c2ccccc21.